The Morgan fingerprint density at radius 3 is 2.30 bits per heavy atom. The maximum Gasteiger partial charge on any atom is 0.326 e. The molecule has 27 heavy (non-hydrogen) atoms. The minimum absolute atomic E-state index is 0.0721. The van der Waals surface area contributed by atoms with Crippen LogP contribution in [0.15, 0.2) is 48.5 Å². The molecule has 0 saturated heterocycles. The molecule has 0 heterocycles. The summed E-state index contributed by atoms with van der Waals surface area (Å²) in [5.41, 5.74) is 1.26. The summed E-state index contributed by atoms with van der Waals surface area (Å²) in [5, 5.41) is 20.9. The van der Waals surface area contributed by atoms with E-state index in [9.17, 15) is 24.8 Å². The number of rotatable bonds is 7. The molecule has 2 aromatic rings. The number of benzene rings is 2. The van der Waals surface area contributed by atoms with Crippen LogP contribution in [0.2, 0.25) is 0 Å². The average molecular weight is 370 g/mol. The van der Waals surface area contributed by atoms with E-state index in [1.165, 1.54) is 19.2 Å². The standard InChI is InChI=1S/C20H22N2O5/c1-13(2)16-10-9-15(12-17(16)22(26)27)19(23)21(3)18(20(24)25)11-14-7-5-4-6-8-14/h4-10,12-13,18H,11H2,1-3H3,(H,24,25). The fraction of sp³-hybridized carbons (Fsp3) is 0.300. The second-order valence-corrected chi connectivity index (χ2v) is 6.65. The Morgan fingerprint density at radius 2 is 1.78 bits per heavy atom. The summed E-state index contributed by atoms with van der Waals surface area (Å²) in [7, 11) is 1.40. The monoisotopic (exact) mass is 370 g/mol. The molecule has 1 atom stereocenters. The molecule has 1 N–H and O–H groups in total. The second kappa shape index (κ2) is 8.44. The lowest BCUT2D eigenvalue weighted by molar-refractivity contribution is -0.385. The van der Waals surface area contributed by atoms with Gasteiger partial charge >= 0.3 is 5.97 Å². The highest BCUT2D eigenvalue weighted by Gasteiger charge is 2.29. The number of nitro groups is 1. The largest absolute Gasteiger partial charge is 0.480 e. The van der Waals surface area contributed by atoms with Crippen molar-refractivity contribution in [1.29, 1.82) is 0 Å². The normalized spacial score (nSPS) is 11.9. The summed E-state index contributed by atoms with van der Waals surface area (Å²) >= 11 is 0. The number of hydrogen-bond acceptors (Lipinski definition) is 4. The first kappa shape index (κ1) is 20.1. The van der Waals surface area contributed by atoms with Crippen molar-refractivity contribution in [1.82, 2.24) is 4.90 Å². The van der Waals surface area contributed by atoms with Crippen LogP contribution < -0.4 is 0 Å². The molecule has 0 aromatic heterocycles. The van der Waals surface area contributed by atoms with E-state index in [2.05, 4.69) is 0 Å². The number of carboxylic acid groups (broad SMARTS) is 1. The van der Waals surface area contributed by atoms with Crippen molar-refractivity contribution in [2.75, 3.05) is 7.05 Å². The number of nitro benzene ring substituents is 1. The lowest BCUT2D eigenvalue weighted by atomic mass is 9.98. The van der Waals surface area contributed by atoms with E-state index >= 15 is 0 Å². The van der Waals surface area contributed by atoms with Gasteiger partial charge in [0.1, 0.15) is 6.04 Å². The van der Waals surface area contributed by atoms with Gasteiger partial charge in [-0.1, -0.05) is 50.2 Å². The van der Waals surface area contributed by atoms with E-state index in [-0.39, 0.29) is 23.6 Å². The quantitative estimate of drug-likeness (QED) is 0.594. The summed E-state index contributed by atoms with van der Waals surface area (Å²) in [6.45, 7) is 3.66. The van der Waals surface area contributed by atoms with Gasteiger partial charge in [-0.25, -0.2) is 4.79 Å². The van der Waals surface area contributed by atoms with Crippen molar-refractivity contribution in [2.24, 2.45) is 0 Å². The zero-order valence-electron chi connectivity index (χ0n) is 15.5. The molecule has 7 nitrogen and oxygen atoms in total. The van der Waals surface area contributed by atoms with E-state index in [1.54, 1.807) is 30.3 Å². The third-order valence-corrected chi connectivity index (χ3v) is 4.44. The fourth-order valence-electron chi connectivity index (χ4n) is 2.90. The second-order valence-electron chi connectivity index (χ2n) is 6.65. The maximum atomic E-state index is 12.8. The fourth-order valence-corrected chi connectivity index (χ4v) is 2.90. The van der Waals surface area contributed by atoms with Gasteiger partial charge in [0, 0.05) is 30.7 Å². The van der Waals surface area contributed by atoms with Gasteiger partial charge in [0.15, 0.2) is 0 Å². The Balaban J connectivity index is 2.32. The van der Waals surface area contributed by atoms with Gasteiger partial charge in [0.05, 0.1) is 4.92 Å². The highest BCUT2D eigenvalue weighted by Crippen LogP contribution is 2.28. The summed E-state index contributed by atoms with van der Waals surface area (Å²) in [6, 6.07) is 12.2. The van der Waals surface area contributed by atoms with Crippen LogP contribution in [0.1, 0.15) is 41.3 Å². The average Bonchev–Trinajstić information content (AvgIpc) is 2.64. The molecule has 1 amide bonds. The molecule has 1 unspecified atom stereocenters. The molecule has 0 fully saturated rings. The molecular formula is C20H22N2O5. The first-order valence-electron chi connectivity index (χ1n) is 8.54. The first-order chi connectivity index (χ1) is 12.7. The van der Waals surface area contributed by atoms with Crippen LogP contribution in [0, 0.1) is 10.1 Å². The van der Waals surface area contributed by atoms with Crippen LogP contribution in [-0.2, 0) is 11.2 Å². The number of nitrogens with zero attached hydrogens (tertiary/aromatic N) is 2. The highest BCUT2D eigenvalue weighted by molar-refractivity contribution is 5.97. The molecule has 2 aromatic carbocycles. The highest BCUT2D eigenvalue weighted by atomic mass is 16.6. The Bertz CT molecular complexity index is 849. The van der Waals surface area contributed by atoms with Gasteiger partial charge in [-0.05, 0) is 17.5 Å². The van der Waals surface area contributed by atoms with Gasteiger partial charge in [0.2, 0.25) is 0 Å². The molecule has 7 heteroatoms. The lowest BCUT2D eigenvalue weighted by Crippen LogP contribution is -2.43. The van der Waals surface area contributed by atoms with E-state index < -0.39 is 22.8 Å². The number of carbonyl (C=O) groups is 2. The molecule has 0 saturated carbocycles. The zero-order chi connectivity index (χ0) is 20.1. The molecule has 0 aliphatic heterocycles. The lowest BCUT2D eigenvalue weighted by Gasteiger charge is -2.25. The summed E-state index contributed by atoms with van der Waals surface area (Å²) in [6.07, 6.45) is 0.143. The number of hydrogen-bond donors (Lipinski definition) is 1. The molecule has 0 aliphatic carbocycles. The number of likely N-dealkylation sites (N-methyl/N-ethyl adjacent to an activating group) is 1. The third kappa shape index (κ3) is 4.69. The van der Waals surface area contributed by atoms with Crippen molar-refractivity contribution in [3.8, 4) is 0 Å². The minimum atomic E-state index is -1.14. The predicted molar refractivity (Wildman–Crippen MR) is 101 cm³/mol. The Labute approximate surface area is 157 Å². The van der Waals surface area contributed by atoms with Crippen molar-refractivity contribution >= 4 is 17.6 Å². The maximum absolute atomic E-state index is 12.8. The van der Waals surface area contributed by atoms with Crippen LogP contribution in [0.3, 0.4) is 0 Å². The van der Waals surface area contributed by atoms with Crippen LogP contribution in [-0.4, -0.2) is 39.9 Å². The Kier molecular flexibility index (Phi) is 6.28. The number of carboxylic acids is 1. The van der Waals surface area contributed by atoms with Gasteiger partial charge in [-0.3, -0.25) is 14.9 Å². The van der Waals surface area contributed by atoms with Crippen LogP contribution in [0.25, 0.3) is 0 Å². The predicted octanol–water partition coefficient (Wildman–Crippen LogP) is 3.49. The zero-order valence-corrected chi connectivity index (χ0v) is 15.5. The van der Waals surface area contributed by atoms with Gasteiger partial charge in [0.25, 0.3) is 11.6 Å². The van der Waals surface area contributed by atoms with Crippen molar-refractivity contribution < 1.29 is 19.6 Å². The first-order valence-corrected chi connectivity index (χ1v) is 8.54. The summed E-state index contributed by atoms with van der Waals surface area (Å²) in [5.74, 6) is -1.78. The molecule has 0 radical (unpaired) electrons. The van der Waals surface area contributed by atoms with Gasteiger partial charge < -0.3 is 10.0 Å². The topological polar surface area (TPSA) is 101 Å². The minimum Gasteiger partial charge on any atom is -0.480 e. The molecule has 0 spiro atoms. The van der Waals surface area contributed by atoms with Crippen molar-refractivity contribution in [3.05, 3.63) is 75.3 Å². The van der Waals surface area contributed by atoms with E-state index in [0.29, 0.717) is 5.56 Å². The van der Waals surface area contributed by atoms with Crippen LogP contribution in [0.5, 0.6) is 0 Å². The SMILES string of the molecule is CC(C)c1ccc(C(=O)N(C)C(Cc2ccccc2)C(=O)O)cc1[N+](=O)[O-]. The van der Waals surface area contributed by atoms with E-state index in [1.807, 2.05) is 19.9 Å². The van der Waals surface area contributed by atoms with Crippen LogP contribution >= 0.6 is 0 Å². The van der Waals surface area contributed by atoms with Gasteiger partial charge in [-0.2, -0.15) is 0 Å². The molecule has 0 bridgehead atoms. The van der Waals surface area contributed by atoms with Crippen LogP contribution in [0.4, 0.5) is 5.69 Å². The third-order valence-electron chi connectivity index (χ3n) is 4.44. The Hall–Kier alpha value is -3.22. The molecule has 2 rings (SSSR count). The summed E-state index contributed by atoms with van der Waals surface area (Å²) < 4.78 is 0. The van der Waals surface area contributed by atoms with Crippen molar-refractivity contribution in [3.63, 3.8) is 0 Å². The molecular weight excluding hydrogens is 348 g/mol. The Morgan fingerprint density at radius 1 is 1.15 bits per heavy atom. The number of carbonyl (C=O) groups excluding carboxylic acids is 1. The number of aliphatic carboxylic acids is 1. The molecule has 142 valence electrons. The summed E-state index contributed by atoms with van der Waals surface area (Å²) in [4.78, 5) is 36.4. The molecule has 0 aliphatic rings. The number of amides is 1. The smallest absolute Gasteiger partial charge is 0.326 e. The van der Waals surface area contributed by atoms with Gasteiger partial charge in [-0.15, -0.1) is 0 Å². The van der Waals surface area contributed by atoms with Crippen molar-refractivity contribution in [2.45, 2.75) is 32.2 Å². The van der Waals surface area contributed by atoms with E-state index in [0.717, 1.165) is 10.5 Å². The van der Waals surface area contributed by atoms with E-state index in [4.69, 9.17) is 0 Å².